The number of amides is 1. The minimum atomic E-state index is -4.71. The average molecular weight is 449 g/mol. The van der Waals surface area contributed by atoms with Crippen LogP contribution in [0.1, 0.15) is 40.7 Å². The molecule has 2 aromatic rings. The molecule has 0 spiro atoms. The van der Waals surface area contributed by atoms with E-state index < -0.39 is 13.0 Å². The van der Waals surface area contributed by atoms with Crippen LogP contribution in [0.3, 0.4) is 0 Å². The van der Waals surface area contributed by atoms with Crippen molar-refractivity contribution in [2.75, 3.05) is 19.8 Å². The number of hydrogen-bond acceptors (Lipinski definition) is 7. The Hall–Kier alpha value is -2.37. The van der Waals surface area contributed by atoms with E-state index in [-0.39, 0.29) is 36.6 Å². The van der Waals surface area contributed by atoms with Crippen molar-refractivity contribution in [2.24, 2.45) is 0 Å². The second-order valence-corrected chi connectivity index (χ2v) is 7.13. The van der Waals surface area contributed by atoms with E-state index in [9.17, 15) is 18.0 Å². The number of aryl methyl sites for hydroxylation is 1. The van der Waals surface area contributed by atoms with Gasteiger partial charge in [-0.15, -0.1) is 18.3 Å². The molecular formula is C18H20ClF3N4O4. The molecule has 0 bridgehead atoms. The Morgan fingerprint density at radius 2 is 2.13 bits per heavy atom. The summed E-state index contributed by atoms with van der Waals surface area (Å²) in [5.41, 5.74) is 1.36. The fourth-order valence-corrected chi connectivity index (χ4v) is 3.07. The van der Waals surface area contributed by atoms with Crippen LogP contribution >= 0.6 is 11.6 Å². The van der Waals surface area contributed by atoms with Crippen molar-refractivity contribution in [2.45, 2.75) is 38.2 Å². The topological polar surface area (TPSA) is 98.5 Å². The van der Waals surface area contributed by atoms with Gasteiger partial charge in [0.05, 0.1) is 12.6 Å². The van der Waals surface area contributed by atoms with E-state index in [4.69, 9.17) is 20.8 Å². The number of carbonyl (C=O) groups excluding carboxylic acids is 1. The van der Waals surface area contributed by atoms with Gasteiger partial charge in [-0.05, 0) is 43.5 Å². The highest BCUT2D eigenvalue weighted by molar-refractivity contribution is 6.31. The third-order valence-electron chi connectivity index (χ3n) is 4.46. The number of ether oxygens (including phenoxy) is 2. The monoisotopic (exact) mass is 448 g/mol. The third kappa shape index (κ3) is 6.31. The Morgan fingerprint density at radius 1 is 1.33 bits per heavy atom. The average Bonchev–Trinajstić information content (AvgIpc) is 3.16. The lowest BCUT2D eigenvalue weighted by molar-refractivity contribution is -0.325. The highest BCUT2D eigenvalue weighted by Gasteiger charge is 2.29. The Kier molecular flexibility index (Phi) is 7.16. The van der Waals surface area contributed by atoms with Crippen LogP contribution in [0, 0.1) is 6.92 Å². The summed E-state index contributed by atoms with van der Waals surface area (Å²) in [7, 11) is 0. The zero-order valence-electron chi connectivity index (χ0n) is 16.0. The van der Waals surface area contributed by atoms with Gasteiger partial charge in [0.15, 0.2) is 0 Å². The molecule has 1 fully saturated rings. The van der Waals surface area contributed by atoms with Gasteiger partial charge in [0.25, 0.3) is 5.91 Å². The molecule has 1 amide bonds. The van der Waals surface area contributed by atoms with Gasteiger partial charge in [-0.1, -0.05) is 16.7 Å². The van der Waals surface area contributed by atoms with E-state index in [0.717, 1.165) is 5.56 Å². The Bertz CT molecular complexity index is 869. The first-order chi connectivity index (χ1) is 14.2. The van der Waals surface area contributed by atoms with E-state index in [1.807, 2.05) is 6.92 Å². The highest BCUT2D eigenvalue weighted by Crippen LogP contribution is 2.24. The van der Waals surface area contributed by atoms with Gasteiger partial charge in [-0.3, -0.25) is 9.53 Å². The summed E-state index contributed by atoms with van der Waals surface area (Å²) in [5.74, 6) is 0.0782. The molecule has 3 rings (SSSR count). The number of piperidine rings is 1. The van der Waals surface area contributed by atoms with Gasteiger partial charge in [-0.2, -0.15) is 0 Å². The van der Waals surface area contributed by atoms with Crippen LogP contribution in [-0.2, 0) is 4.74 Å². The van der Waals surface area contributed by atoms with E-state index in [1.165, 1.54) is 0 Å². The minimum absolute atomic E-state index is 0.0807. The van der Waals surface area contributed by atoms with Gasteiger partial charge in [0.2, 0.25) is 5.89 Å². The van der Waals surface area contributed by atoms with E-state index in [2.05, 4.69) is 25.6 Å². The van der Waals surface area contributed by atoms with Gasteiger partial charge in [0.1, 0.15) is 6.61 Å². The molecule has 1 saturated heterocycles. The Balaban J connectivity index is 1.43. The van der Waals surface area contributed by atoms with Gasteiger partial charge in [-0.25, -0.2) is 0 Å². The molecule has 164 valence electrons. The fourth-order valence-electron chi connectivity index (χ4n) is 2.95. The van der Waals surface area contributed by atoms with E-state index in [1.54, 1.807) is 18.2 Å². The maximum atomic E-state index is 12.4. The lowest BCUT2D eigenvalue weighted by atomic mass is 10.00. The predicted octanol–water partition coefficient (Wildman–Crippen LogP) is 3.17. The normalized spacial score (nSPS) is 19.5. The van der Waals surface area contributed by atoms with Crippen LogP contribution in [0.5, 0.6) is 6.08 Å². The summed E-state index contributed by atoms with van der Waals surface area (Å²) < 4.78 is 49.6. The van der Waals surface area contributed by atoms with Gasteiger partial charge in [0, 0.05) is 23.2 Å². The summed E-state index contributed by atoms with van der Waals surface area (Å²) >= 11 is 5.98. The molecule has 1 aliphatic rings. The number of alkyl halides is 3. The van der Waals surface area contributed by atoms with Gasteiger partial charge < -0.3 is 19.8 Å². The number of benzene rings is 1. The number of nitrogens with one attached hydrogen (secondary N) is 2. The number of aromatic nitrogens is 2. The fraction of sp³-hybridized carbons (Fsp3) is 0.500. The van der Waals surface area contributed by atoms with Crippen LogP contribution < -0.4 is 15.4 Å². The number of halogens is 4. The Labute approximate surface area is 175 Å². The van der Waals surface area contributed by atoms with E-state index >= 15 is 0 Å². The molecule has 2 atom stereocenters. The SMILES string of the molecule is Cc1cc(C(=O)N[C@H]2CC[C@H](c3nnc(OCCOC(F)(F)F)o3)NC2)ccc1Cl. The molecule has 0 radical (unpaired) electrons. The first-order valence-electron chi connectivity index (χ1n) is 9.18. The maximum Gasteiger partial charge on any atom is 0.522 e. The first kappa shape index (κ1) is 22.3. The van der Waals surface area contributed by atoms with Crippen LogP contribution in [0.4, 0.5) is 13.2 Å². The summed E-state index contributed by atoms with van der Waals surface area (Å²) in [6, 6.07) is 4.76. The third-order valence-corrected chi connectivity index (χ3v) is 4.89. The van der Waals surface area contributed by atoms with Crippen molar-refractivity contribution in [3.63, 3.8) is 0 Å². The van der Waals surface area contributed by atoms with Crippen molar-refractivity contribution in [3.05, 3.63) is 40.2 Å². The van der Waals surface area contributed by atoms with Crippen molar-refractivity contribution in [1.82, 2.24) is 20.8 Å². The molecule has 0 aliphatic carbocycles. The lowest BCUT2D eigenvalue weighted by Crippen LogP contribution is -2.46. The summed E-state index contributed by atoms with van der Waals surface area (Å²) in [5, 5.41) is 14.3. The molecule has 2 heterocycles. The molecule has 1 aromatic carbocycles. The number of hydrogen-bond donors (Lipinski definition) is 2. The van der Waals surface area contributed by atoms with Crippen molar-refractivity contribution < 1.29 is 31.9 Å². The maximum absolute atomic E-state index is 12.4. The second-order valence-electron chi connectivity index (χ2n) is 6.72. The summed E-state index contributed by atoms with van der Waals surface area (Å²) in [6.45, 7) is 1.26. The molecular weight excluding hydrogens is 429 g/mol. The van der Waals surface area contributed by atoms with Crippen LogP contribution in [0.2, 0.25) is 5.02 Å². The highest BCUT2D eigenvalue weighted by atomic mass is 35.5. The second kappa shape index (κ2) is 9.63. The minimum Gasteiger partial charge on any atom is -0.447 e. The molecule has 30 heavy (non-hydrogen) atoms. The van der Waals surface area contributed by atoms with Crippen LogP contribution in [0.15, 0.2) is 22.6 Å². The van der Waals surface area contributed by atoms with Crippen molar-refractivity contribution >= 4 is 17.5 Å². The zero-order chi connectivity index (χ0) is 21.7. The smallest absolute Gasteiger partial charge is 0.447 e. The number of carbonyl (C=O) groups is 1. The number of nitrogens with zero attached hydrogens (tertiary/aromatic N) is 2. The van der Waals surface area contributed by atoms with Crippen molar-refractivity contribution in [3.8, 4) is 6.08 Å². The summed E-state index contributed by atoms with van der Waals surface area (Å²) in [6.07, 6.45) is -3.66. The standard InChI is InChI=1S/C18H20ClF3N4O4/c1-10-8-11(2-4-13(10)19)15(27)24-12-3-5-14(23-9-12)16-25-26-17(30-16)28-6-7-29-18(20,21)22/h2,4,8,12,14,23H,3,5-7,9H2,1H3,(H,24,27)/t12-,14+/m0/s1. The van der Waals surface area contributed by atoms with E-state index in [0.29, 0.717) is 30.0 Å². The molecule has 2 N–H and O–H groups in total. The molecule has 1 aromatic heterocycles. The lowest BCUT2D eigenvalue weighted by Gasteiger charge is -2.28. The summed E-state index contributed by atoms with van der Waals surface area (Å²) in [4.78, 5) is 12.4. The Morgan fingerprint density at radius 3 is 2.80 bits per heavy atom. The number of rotatable bonds is 7. The van der Waals surface area contributed by atoms with Gasteiger partial charge >= 0.3 is 12.4 Å². The van der Waals surface area contributed by atoms with Crippen LogP contribution in [0.25, 0.3) is 0 Å². The van der Waals surface area contributed by atoms with Crippen molar-refractivity contribution in [1.29, 1.82) is 0 Å². The van der Waals surface area contributed by atoms with Crippen LogP contribution in [-0.4, -0.2) is 48.3 Å². The predicted molar refractivity (Wildman–Crippen MR) is 99.2 cm³/mol. The molecule has 0 saturated carbocycles. The molecule has 8 nitrogen and oxygen atoms in total. The molecule has 1 aliphatic heterocycles. The first-order valence-corrected chi connectivity index (χ1v) is 9.56. The molecule has 12 heteroatoms. The largest absolute Gasteiger partial charge is 0.522 e. The zero-order valence-corrected chi connectivity index (χ0v) is 16.7. The quantitative estimate of drug-likeness (QED) is 0.628. The molecule has 0 unspecified atom stereocenters.